The van der Waals surface area contributed by atoms with Crippen molar-refractivity contribution < 1.29 is 23.9 Å². The van der Waals surface area contributed by atoms with Crippen LogP contribution >= 0.6 is 15.9 Å². The Morgan fingerprint density at radius 3 is 2.43 bits per heavy atom. The van der Waals surface area contributed by atoms with Crippen LogP contribution in [-0.2, 0) is 14.3 Å². The van der Waals surface area contributed by atoms with Crippen LogP contribution in [0, 0.1) is 0 Å². The maximum absolute atomic E-state index is 11.9. The van der Waals surface area contributed by atoms with E-state index >= 15 is 0 Å². The van der Waals surface area contributed by atoms with E-state index in [0.29, 0.717) is 18.0 Å². The maximum atomic E-state index is 11.9. The smallest absolute Gasteiger partial charge is 0.338 e. The zero-order valence-corrected chi connectivity index (χ0v) is 16.5. The molecule has 0 aliphatic carbocycles. The van der Waals surface area contributed by atoms with Crippen LogP contribution in [0.5, 0.6) is 5.75 Å². The molecule has 8 heteroatoms. The second-order valence-electron chi connectivity index (χ2n) is 5.50. The fourth-order valence-electron chi connectivity index (χ4n) is 2.04. The van der Waals surface area contributed by atoms with E-state index in [1.807, 2.05) is 6.07 Å². The van der Waals surface area contributed by atoms with Gasteiger partial charge < -0.3 is 20.1 Å². The van der Waals surface area contributed by atoms with Crippen LogP contribution in [0.25, 0.3) is 0 Å². The predicted molar refractivity (Wildman–Crippen MR) is 108 cm³/mol. The van der Waals surface area contributed by atoms with E-state index in [4.69, 9.17) is 9.47 Å². The quantitative estimate of drug-likeness (QED) is 0.456. The second kappa shape index (κ2) is 10.9. The van der Waals surface area contributed by atoms with Gasteiger partial charge in [0.2, 0.25) is 5.91 Å². The summed E-state index contributed by atoms with van der Waals surface area (Å²) in [6.45, 7) is 3.18. The Balaban J connectivity index is 1.72. The number of hydrogen-bond acceptors (Lipinski definition) is 5. The van der Waals surface area contributed by atoms with E-state index in [1.54, 1.807) is 36.4 Å². The maximum Gasteiger partial charge on any atom is 0.338 e. The Hall–Kier alpha value is -3.13. The van der Waals surface area contributed by atoms with Crippen molar-refractivity contribution in [2.75, 3.05) is 25.1 Å². The van der Waals surface area contributed by atoms with Gasteiger partial charge in [-0.25, -0.2) is 4.79 Å². The van der Waals surface area contributed by atoms with Gasteiger partial charge in [0.15, 0.2) is 6.61 Å². The van der Waals surface area contributed by atoms with Crippen LogP contribution in [0.1, 0.15) is 10.4 Å². The topological polar surface area (TPSA) is 93.7 Å². The number of nitrogens with one attached hydrogen (secondary N) is 2. The molecule has 146 valence electrons. The minimum Gasteiger partial charge on any atom is -0.490 e. The van der Waals surface area contributed by atoms with Crippen LogP contribution < -0.4 is 15.4 Å². The molecule has 2 N–H and O–H groups in total. The van der Waals surface area contributed by atoms with E-state index in [1.165, 1.54) is 12.1 Å². The number of amides is 2. The van der Waals surface area contributed by atoms with Gasteiger partial charge >= 0.3 is 5.97 Å². The molecule has 0 aromatic heterocycles. The molecule has 0 aliphatic heterocycles. The molecule has 0 unspecified atom stereocenters. The molecule has 0 spiro atoms. The van der Waals surface area contributed by atoms with Gasteiger partial charge in [-0.05, 0) is 52.3 Å². The summed E-state index contributed by atoms with van der Waals surface area (Å²) in [4.78, 5) is 35.6. The molecule has 0 radical (unpaired) electrons. The standard InChI is InChI=1S/C20H19BrN2O5/c1-2-11-27-15-9-7-14(8-10-15)20(26)28-13-19(25)22-12-18(24)23-17-6-4-3-5-16(17)21/h2-10H,1,11-13H2,(H,22,25)(H,23,24). The largest absolute Gasteiger partial charge is 0.490 e. The molecule has 0 bridgehead atoms. The number of para-hydroxylation sites is 1. The number of rotatable bonds is 9. The molecule has 0 saturated carbocycles. The lowest BCUT2D eigenvalue weighted by atomic mass is 10.2. The highest BCUT2D eigenvalue weighted by molar-refractivity contribution is 9.10. The third kappa shape index (κ3) is 6.88. The minimum absolute atomic E-state index is 0.243. The van der Waals surface area contributed by atoms with Gasteiger partial charge in [-0.2, -0.15) is 0 Å². The number of hydrogen-bond donors (Lipinski definition) is 2. The van der Waals surface area contributed by atoms with E-state index in [9.17, 15) is 14.4 Å². The second-order valence-corrected chi connectivity index (χ2v) is 6.36. The summed E-state index contributed by atoms with van der Waals surface area (Å²) in [5.74, 6) is -1.04. The lowest BCUT2D eigenvalue weighted by Gasteiger charge is -2.09. The van der Waals surface area contributed by atoms with Crippen LogP contribution in [0.15, 0.2) is 65.7 Å². The molecule has 2 aromatic carbocycles. The summed E-state index contributed by atoms with van der Waals surface area (Å²) in [6, 6.07) is 13.4. The lowest BCUT2D eigenvalue weighted by molar-refractivity contribution is -0.126. The third-order valence-corrected chi connectivity index (χ3v) is 4.08. The summed E-state index contributed by atoms with van der Waals surface area (Å²) in [5, 5.41) is 5.04. The summed E-state index contributed by atoms with van der Waals surface area (Å²) in [5.41, 5.74) is 0.874. The van der Waals surface area contributed by atoms with Crippen molar-refractivity contribution in [3.05, 3.63) is 71.2 Å². The minimum atomic E-state index is -0.650. The lowest BCUT2D eigenvalue weighted by Crippen LogP contribution is -2.35. The third-order valence-electron chi connectivity index (χ3n) is 3.39. The molecule has 0 saturated heterocycles. The molecule has 0 aliphatic rings. The molecule has 0 heterocycles. The Morgan fingerprint density at radius 2 is 1.75 bits per heavy atom. The first-order chi connectivity index (χ1) is 13.5. The van der Waals surface area contributed by atoms with Gasteiger partial charge in [-0.3, -0.25) is 9.59 Å². The van der Waals surface area contributed by atoms with Gasteiger partial charge in [0.05, 0.1) is 17.8 Å². The van der Waals surface area contributed by atoms with E-state index < -0.39 is 24.4 Å². The van der Waals surface area contributed by atoms with Crippen molar-refractivity contribution in [1.29, 1.82) is 0 Å². The highest BCUT2D eigenvalue weighted by atomic mass is 79.9. The van der Waals surface area contributed by atoms with Crippen molar-refractivity contribution in [3.8, 4) is 5.75 Å². The highest BCUT2D eigenvalue weighted by Gasteiger charge is 2.12. The zero-order valence-electron chi connectivity index (χ0n) is 14.9. The van der Waals surface area contributed by atoms with Gasteiger partial charge in [-0.1, -0.05) is 24.8 Å². The van der Waals surface area contributed by atoms with Crippen molar-refractivity contribution >= 4 is 39.4 Å². The normalized spacial score (nSPS) is 9.89. The highest BCUT2D eigenvalue weighted by Crippen LogP contribution is 2.20. The Morgan fingerprint density at radius 1 is 1.04 bits per heavy atom. The molecule has 2 amide bonds. The van der Waals surface area contributed by atoms with E-state index in [0.717, 1.165) is 4.47 Å². The summed E-state index contributed by atoms with van der Waals surface area (Å²) in [7, 11) is 0. The van der Waals surface area contributed by atoms with Crippen LogP contribution in [0.2, 0.25) is 0 Å². The first-order valence-electron chi connectivity index (χ1n) is 8.31. The number of carbonyl (C=O) groups is 3. The van der Waals surface area contributed by atoms with Crippen LogP contribution in [0.4, 0.5) is 5.69 Å². The number of anilines is 1. The van der Waals surface area contributed by atoms with Gasteiger partial charge in [0.25, 0.3) is 5.91 Å². The molecule has 7 nitrogen and oxygen atoms in total. The number of ether oxygens (including phenoxy) is 2. The summed E-state index contributed by atoms with van der Waals surface area (Å²) in [6.07, 6.45) is 1.61. The monoisotopic (exact) mass is 446 g/mol. The Kier molecular flexibility index (Phi) is 8.23. The molecular weight excluding hydrogens is 428 g/mol. The molecule has 0 fully saturated rings. The summed E-state index contributed by atoms with van der Waals surface area (Å²) < 4.78 is 11.0. The SMILES string of the molecule is C=CCOc1ccc(C(=O)OCC(=O)NCC(=O)Nc2ccccc2Br)cc1. The Bertz CT molecular complexity index is 852. The van der Waals surface area contributed by atoms with Gasteiger partial charge in [0.1, 0.15) is 12.4 Å². The number of esters is 1. The fraction of sp³-hybridized carbons (Fsp3) is 0.150. The number of halogens is 1. The number of carbonyl (C=O) groups excluding carboxylic acids is 3. The van der Waals surface area contributed by atoms with Crippen LogP contribution in [0.3, 0.4) is 0 Å². The average Bonchev–Trinajstić information content (AvgIpc) is 2.71. The van der Waals surface area contributed by atoms with Gasteiger partial charge in [-0.15, -0.1) is 0 Å². The molecular formula is C20H19BrN2O5. The molecule has 28 heavy (non-hydrogen) atoms. The predicted octanol–water partition coefficient (Wildman–Crippen LogP) is 2.93. The molecule has 0 atom stereocenters. The number of benzene rings is 2. The summed E-state index contributed by atoms with van der Waals surface area (Å²) >= 11 is 3.31. The van der Waals surface area contributed by atoms with Crippen molar-refractivity contribution in [2.45, 2.75) is 0 Å². The van der Waals surface area contributed by atoms with Crippen molar-refractivity contribution in [2.24, 2.45) is 0 Å². The fourth-order valence-corrected chi connectivity index (χ4v) is 2.43. The van der Waals surface area contributed by atoms with E-state index in [2.05, 4.69) is 33.1 Å². The zero-order chi connectivity index (χ0) is 20.4. The molecule has 2 rings (SSSR count). The Labute approximate surface area is 170 Å². The van der Waals surface area contributed by atoms with Crippen molar-refractivity contribution in [1.82, 2.24) is 5.32 Å². The molecule has 2 aromatic rings. The van der Waals surface area contributed by atoms with E-state index in [-0.39, 0.29) is 12.1 Å². The van der Waals surface area contributed by atoms with Crippen molar-refractivity contribution in [3.63, 3.8) is 0 Å². The average molecular weight is 447 g/mol. The first kappa shape index (κ1) is 21.2. The van der Waals surface area contributed by atoms with Gasteiger partial charge in [0, 0.05) is 4.47 Å². The van der Waals surface area contributed by atoms with Crippen LogP contribution in [-0.4, -0.2) is 37.5 Å². The first-order valence-corrected chi connectivity index (χ1v) is 9.11.